The lowest BCUT2D eigenvalue weighted by molar-refractivity contribution is 0.120. The quantitative estimate of drug-likeness (QED) is 0.272. The first-order valence-corrected chi connectivity index (χ1v) is 3.81. The largest absolute Gasteiger partial charge is 0.396 e. The van der Waals surface area contributed by atoms with E-state index < -0.39 is 0 Å². The minimum atomic E-state index is 0.0372. The van der Waals surface area contributed by atoms with Crippen molar-refractivity contribution in [1.29, 1.82) is 5.59 Å². The monoisotopic (exact) mass is 212 g/mol. The van der Waals surface area contributed by atoms with Gasteiger partial charge in [0.2, 0.25) is 0 Å². The molecule has 0 atom stereocenters. The van der Waals surface area contributed by atoms with Crippen LogP contribution >= 0.6 is 0 Å². The number of rotatable bonds is 6. The lowest BCUT2D eigenvalue weighted by atomic mass is 10.5. The molecule has 0 bridgehead atoms. The van der Waals surface area contributed by atoms with Crippen molar-refractivity contribution < 1.29 is 20.2 Å². The van der Waals surface area contributed by atoms with Gasteiger partial charge < -0.3 is 20.2 Å². The standard InChI is InChI=1S/C3H7NO3.C3H8O2.HNO/c5-2-1-3-7-4-6;4-2-1-3-5;1-2/h5H,1-3H2;4-5H,1-3H2;1H. The van der Waals surface area contributed by atoms with Crippen molar-refractivity contribution in [3.8, 4) is 0 Å². The fourth-order valence-electron chi connectivity index (χ4n) is 0.237. The number of aliphatic hydroxyl groups excluding tert-OH is 3. The van der Waals surface area contributed by atoms with Gasteiger partial charge in [0.05, 0.1) is 0 Å². The maximum atomic E-state index is 9.13. The summed E-state index contributed by atoms with van der Waals surface area (Å²) in [7, 11) is 0. The highest BCUT2D eigenvalue weighted by Gasteiger charge is 1.80. The zero-order valence-corrected chi connectivity index (χ0v) is 7.76. The normalized spacial score (nSPS) is 7.36. The maximum absolute atomic E-state index is 9.13. The maximum Gasteiger partial charge on any atom is 0.155 e. The van der Waals surface area contributed by atoms with Crippen LogP contribution in [0.4, 0.5) is 0 Å². The van der Waals surface area contributed by atoms with Gasteiger partial charge in [0.25, 0.3) is 0 Å². The Morgan fingerprint density at radius 2 is 1.43 bits per heavy atom. The van der Waals surface area contributed by atoms with E-state index in [9.17, 15) is 0 Å². The third-order valence-corrected chi connectivity index (χ3v) is 0.763. The summed E-state index contributed by atoms with van der Waals surface area (Å²) in [6, 6.07) is 0. The van der Waals surface area contributed by atoms with Crippen LogP contribution in [0.15, 0.2) is 5.34 Å². The molecule has 0 spiro atoms. The second-order valence-corrected chi connectivity index (χ2v) is 1.79. The molecule has 14 heavy (non-hydrogen) atoms. The molecule has 0 aliphatic carbocycles. The smallest absolute Gasteiger partial charge is 0.155 e. The molecular weight excluding hydrogens is 196 g/mol. The molecule has 0 aromatic rings. The van der Waals surface area contributed by atoms with Gasteiger partial charge in [-0.25, -0.2) is 0 Å². The molecule has 0 saturated heterocycles. The van der Waals surface area contributed by atoms with E-state index in [1.54, 1.807) is 0 Å². The third kappa shape index (κ3) is 44.6. The predicted octanol–water partition coefficient (Wildman–Crippen LogP) is -0.241. The first-order chi connectivity index (χ1) is 6.83. The lowest BCUT2D eigenvalue weighted by Gasteiger charge is -1.87. The van der Waals surface area contributed by atoms with Crippen molar-refractivity contribution in [3.05, 3.63) is 9.81 Å². The number of nitrogens with zero attached hydrogens (tertiary/aromatic N) is 1. The Kier molecular flexibility index (Phi) is 39.5. The Morgan fingerprint density at radius 1 is 1.00 bits per heavy atom. The van der Waals surface area contributed by atoms with E-state index >= 15 is 0 Å². The van der Waals surface area contributed by atoms with E-state index in [-0.39, 0.29) is 26.4 Å². The summed E-state index contributed by atoms with van der Waals surface area (Å²) in [4.78, 5) is 20.6. The zero-order chi connectivity index (χ0) is 11.7. The van der Waals surface area contributed by atoms with Crippen LogP contribution < -0.4 is 0 Å². The van der Waals surface area contributed by atoms with Crippen molar-refractivity contribution in [3.63, 3.8) is 0 Å². The Hall–Kier alpha value is -1.12. The number of nitroso groups, excluding NO2 is 1. The first-order valence-electron chi connectivity index (χ1n) is 3.81. The van der Waals surface area contributed by atoms with Crippen LogP contribution in [-0.4, -0.2) is 41.7 Å². The number of hydrogen-bond donors (Lipinski definition) is 4. The van der Waals surface area contributed by atoms with Crippen LogP contribution in [-0.2, 0) is 4.84 Å². The van der Waals surface area contributed by atoms with Crippen molar-refractivity contribution in [2.24, 2.45) is 5.34 Å². The summed E-state index contributed by atoms with van der Waals surface area (Å²) < 4.78 is 0. The van der Waals surface area contributed by atoms with E-state index in [1.807, 2.05) is 0 Å². The third-order valence-electron chi connectivity index (χ3n) is 0.763. The van der Waals surface area contributed by atoms with Crippen molar-refractivity contribution >= 4 is 0 Å². The summed E-state index contributed by atoms with van der Waals surface area (Å²) in [5, 5.41) is 26.0. The van der Waals surface area contributed by atoms with Gasteiger partial charge in [0.1, 0.15) is 6.61 Å². The highest BCUT2D eigenvalue weighted by Crippen LogP contribution is 1.78. The van der Waals surface area contributed by atoms with Gasteiger partial charge in [0.15, 0.2) is 5.34 Å². The first kappa shape index (κ1) is 18.6. The van der Waals surface area contributed by atoms with Crippen LogP contribution in [0.3, 0.4) is 0 Å². The van der Waals surface area contributed by atoms with Crippen LogP contribution in [0.1, 0.15) is 12.8 Å². The van der Waals surface area contributed by atoms with Crippen LogP contribution in [0.25, 0.3) is 0 Å². The van der Waals surface area contributed by atoms with Crippen LogP contribution in [0.2, 0.25) is 0 Å². The molecule has 0 aliphatic heterocycles. The number of nitrogens with one attached hydrogen (secondary N) is 1. The Morgan fingerprint density at radius 3 is 1.64 bits per heavy atom. The predicted molar refractivity (Wildman–Crippen MR) is 48.3 cm³/mol. The molecule has 0 aromatic heterocycles. The SMILES string of the molecule is N=O.O=NOCCCO.OCCCO. The molecule has 0 fully saturated rings. The highest BCUT2D eigenvalue weighted by molar-refractivity contribution is 4.26. The van der Waals surface area contributed by atoms with Crippen LogP contribution in [0, 0.1) is 15.4 Å². The van der Waals surface area contributed by atoms with Gasteiger partial charge in [-0.1, -0.05) is 5.59 Å². The minimum absolute atomic E-state index is 0.0372. The van der Waals surface area contributed by atoms with Gasteiger partial charge >= 0.3 is 0 Å². The van der Waals surface area contributed by atoms with Gasteiger partial charge in [-0.15, -0.1) is 4.91 Å². The summed E-state index contributed by atoms with van der Waals surface area (Å²) in [5.74, 6) is 0. The van der Waals surface area contributed by atoms with E-state index in [4.69, 9.17) is 25.1 Å². The van der Waals surface area contributed by atoms with E-state index in [0.29, 0.717) is 12.8 Å². The van der Waals surface area contributed by atoms with E-state index in [2.05, 4.69) is 15.8 Å². The van der Waals surface area contributed by atoms with Crippen molar-refractivity contribution in [2.45, 2.75) is 12.8 Å². The molecule has 0 unspecified atom stereocenters. The number of hydrogen-bond acceptors (Lipinski definition) is 8. The summed E-state index contributed by atoms with van der Waals surface area (Å²) in [6.45, 7) is 0.433. The Bertz CT molecular complexity index is 92.4. The fourth-order valence-corrected chi connectivity index (χ4v) is 0.237. The molecule has 86 valence electrons. The summed E-state index contributed by atoms with van der Waals surface area (Å²) >= 11 is 0. The second kappa shape index (κ2) is 29.7. The Labute approximate surface area is 81.2 Å². The van der Waals surface area contributed by atoms with Crippen molar-refractivity contribution in [1.82, 2.24) is 0 Å². The lowest BCUT2D eigenvalue weighted by Crippen LogP contribution is -1.89. The summed E-state index contributed by atoms with van der Waals surface area (Å²) in [5.41, 5.74) is 4.50. The van der Waals surface area contributed by atoms with Gasteiger partial charge in [-0.3, -0.25) is 0 Å². The van der Waals surface area contributed by atoms with Gasteiger partial charge in [0, 0.05) is 26.2 Å². The molecule has 0 radical (unpaired) electrons. The van der Waals surface area contributed by atoms with Gasteiger partial charge in [-0.2, -0.15) is 4.91 Å². The fraction of sp³-hybridized carbons (Fsp3) is 1.00. The molecular formula is C6H16N2O6. The molecule has 4 N–H and O–H groups in total. The highest BCUT2D eigenvalue weighted by atomic mass is 16.7. The van der Waals surface area contributed by atoms with Crippen LogP contribution in [0.5, 0.6) is 0 Å². The average molecular weight is 212 g/mol. The molecule has 0 aliphatic rings. The second-order valence-electron chi connectivity index (χ2n) is 1.79. The molecule has 0 heterocycles. The van der Waals surface area contributed by atoms with Gasteiger partial charge in [-0.05, 0) is 6.42 Å². The molecule has 0 saturated carbocycles. The topological polar surface area (TPSA) is 140 Å². The van der Waals surface area contributed by atoms with Crippen molar-refractivity contribution in [2.75, 3.05) is 26.4 Å². The zero-order valence-electron chi connectivity index (χ0n) is 7.76. The summed E-state index contributed by atoms with van der Waals surface area (Å²) in [6.07, 6.45) is 0.964. The van der Waals surface area contributed by atoms with E-state index in [1.165, 1.54) is 0 Å². The molecule has 8 heteroatoms. The molecule has 0 amide bonds. The minimum Gasteiger partial charge on any atom is -0.396 e. The average Bonchev–Trinajstić information content (AvgIpc) is 2.24. The number of aliphatic hydroxyl groups is 3. The Balaban J connectivity index is -0.000000152. The van der Waals surface area contributed by atoms with E-state index in [0.717, 1.165) is 0 Å². The molecule has 0 rings (SSSR count). The molecule has 0 aromatic carbocycles. The molecule has 8 nitrogen and oxygen atoms in total.